The lowest BCUT2D eigenvalue weighted by Crippen LogP contribution is -2.26. The minimum atomic E-state index is -1.06. The topological polar surface area (TPSA) is 95.1 Å². The number of carboxylic acids is 1. The van der Waals surface area contributed by atoms with Crippen LogP contribution in [-0.4, -0.2) is 33.5 Å². The van der Waals surface area contributed by atoms with Gasteiger partial charge in [0.2, 0.25) is 0 Å². The summed E-state index contributed by atoms with van der Waals surface area (Å²) in [4.78, 5) is 30.3. The molecular formula is C14H17N3O3S. The number of hydrogen-bond donors (Lipinski definition) is 3. The Morgan fingerprint density at radius 1 is 1.38 bits per heavy atom. The van der Waals surface area contributed by atoms with Gasteiger partial charge in [-0.05, 0) is 26.3 Å². The number of hydrogen-bond acceptors (Lipinski definition) is 4. The number of aromatic nitrogens is 2. The van der Waals surface area contributed by atoms with Crippen molar-refractivity contribution in [3.63, 3.8) is 0 Å². The first-order valence-corrected chi connectivity index (χ1v) is 7.39. The molecule has 0 aromatic carbocycles. The van der Waals surface area contributed by atoms with Gasteiger partial charge in [0.25, 0.3) is 5.91 Å². The Labute approximate surface area is 126 Å². The fraction of sp³-hybridized carbons (Fsp3) is 0.357. The predicted octanol–water partition coefficient (Wildman–Crippen LogP) is 2.07. The number of nitrogens with one attached hydrogen (secondary N) is 2. The van der Waals surface area contributed by atoms with Gasteiger partial charge >= 0.3 is 5.97 Å². The van der Waals surface area contributed by atoms with Crippen LogP contribution in [-0.2, 0) is 6.42 Å². The summed E-state index contributed by atoms with van der Waals surface area (Å²) in [7, 11) is 0. The Morgan fingerprint density at radius 2 is 2.10 bits per heavy atom. The second-order valence-electron chi connectivity index (χ2n) is 4.79. The number of rotatable bonds is 5. The van der Waals surface area contributed by atoms with E-state index in [1.165, 1.54) is 0 Å². The maximum atomic E-state index is 12.2. The first-order valence-electron chi connectivity index (χ1n) is 6.51. The fourth-order valence-corrected chi connectivity index (χ4v) is 2.87. The molecule has 0 saturated heterocycles. The maximum Gasteiger partial charge on any atom is 0.352 e. The number of thiazole rings is 1. The molecule has 0 spiro atoms. The second kappa shape index (κ2) is 6.09. The van der Waals surface area contributed by atoms with Crippen LogP contribution in [0.15, 0.2) is 5.38 Å². The second-order valence-corrected chi connectivity index (χ2v) is 5.86. The summed E-state index contributed by atoms with van der Waals surface area (Å²) in [6.07, 6.45) is 0.657. The Kier molecular flexibility index (Phi) is 4.42. The van der Waals surface area contributed by atoms with Crippen LogP contribution in [0.1, 0.15) is 42.8 Å². The smallest absolute Gasteiger partial charge is 0.352 e. The van der Waals surface area contributed by atoms with Crippen molar-refractivity contribution in [1.82, 2.24) is 15.3 Å². The van der Waals surface area contributed by atoms with Gasteiger partial charge in [0.1, 0.15) is 5.69 Å². The Balaban J connectivity index is 2.02. The molecule has 0 aliphatic heterocycles. The number of H-pyrrole nitrogens is 1. The molecule has 1 amide bonds. The molecule has 2 rings (SSSR count). The molecule has 0 atom stereocenters. The molecular weight excluding hydrogens is 290 g/mol. The molecule has 0 saturated carbocycles. The third-order valence-electron chi connectivity index (χ3n) is 3.21. The third-order valence-corrected chi connectivity index (χ3v) is 4.03. The molecule has 0 bridgehead atoms. The summed E-state index contributed by atoms with van der Waals surface area (Å²) in [6, 6.07) is 0. The quantitative estimate of drug-likeness (QED) is 0.788. The summed E-state index contributed by atoms with van der Waals surface area (Å²) in [5.74, 6) is -1.33. The standard InChI is InChI=1S/C14H17N3O3S/c1-7-11(8(2)16-12(7)14(19)20)13(18)15-5-4-10-6-21-9(3)17-10/h6,16H,4-5H2,1-3H3,(H,15,18)(H,19,20). The first-order chi connectivity index (χ1) is 9.90. The summed E-state index contributed by atoms with van der Waals surface area (Å²) >= 11 is 1.58. The van der Waals surface area contributed by atoms with Crippen LogP contribution < -0.4 is 5.32 Å². The SMILES string of the molecule is Cc1nc(CCNC(=O)c2c(C)[nH]c(C(=O)O)c2C)cs1. The molecule has 7 heteroatoms. The van der Waals surface area contributed by atoms with Crippen LogP contribution in [0.4, 0.5) is 0 Å². The van der Waals surface area contributed by atoms with Crippen LogP contribution in [0.5, 0.6) is 0 Å². The van der Waals surface area contributed by atoms with Crippen LogP contribution in [0.2, 0.25) is 0 Å². The molecule has 112 valence electrons. The van der Waals surface area contributed by atoms with E-state index < -0.39 is 5.97 Å². The maximum absolute atomic E-state index is 12.2. The number of nitrogens with zero attached hydrogens (tertiary/aromatic N) is 1. The van der Waals surface area contributed by atoms with E-state index >= 15 is 0 Å². The zero-order chi connectivity index (χ0) is 15.6. The molecule has 0 unspecified atom stereocenters. The van der Waals surface area contributed by atoms with E-state index in [0.717, 1.165) is 10.7 Å². The lowest BCUT2D eigenvalue weighted by molar-refractivity contribution is 0.0690. The van der Waals surface area contributed by atoms with Gasteiger partial charge < -0.3 is 15.4 Å². The van der Waals surface area contributed by atoms with Gasteiger partial charge in [-0.2, -0.15) is 0 Å². The summed E-state index contributed by atoms with van der Waals surface area (Å²) < 4.78 is 0. The average Bonchev–Trinajstić information content (AvgIpc) is 2.93. The molecule has 6 nitrogen and oxygen atoms in total. The van der Waals surface area contributed by atoms with E-state index in [2.05, 4.69) is 15.3 Å². The predicted molar refractivity (Wildman–Crippen MR) is 80.1 cm³/mol. The molecule has 3 N–H and O–H groups in total. The van der Waals surface area contributed by atoms with Crippen molar-refractivity contribution in [1.29, 1.82) is 0 Å². The summed E-state index contributed by atoms with van der Waals surface area (Å²) in [5.41, 5.74) is 2.44. The average molecular weight is 307 g/mol. The molecule has 2 heterocycles. The normalized spacial score (nSPS) is 10.6. The summed E-state index contributed by atoms with van der Waals surface area (Å²) in [5, 5.41) is 14.8. The Bertz CT molecular complexity index is 688. The molecule has 2 aromatic heterocycles. The largest absolute Gasteiger partial charge is 0.477 e. The molecule has 0 aliphatic carbocycles. The number of carboxylic acid groups (broad SMARTS) is 1. The minimum Gasteiger partial charge on any atom is -0.477 e. The van der Waals surface area contributed by atoms with Crippen LogP contribution in [0.3, 0.4) is 0 Å². The number of carbonyl (C=O) groups excluding carboxylic acids is 1. The number of amides is 1. The third kappa shape index (κ3) is 3.30. The number of carbonyl (C=O) groups is 2. The van der Waals surface area contributed by atoms with Gasteiger partial charge in [-0.25, -0.2) is 9.78 Å². The van der Waals surface area contributed by atoms with Gasteiger partial charge in [-0.15, -0.1) is 11.3 Å². The number of aryl methyl sites for hydroxylation is 2. The zero-order valence-corrected chi connectivity index (χ0v) is 12.9. The lowest BCUT2D eigenvalue weighted by Gasteiger charge is -2.05. The summed E-state index contributed by atoms with van der Waals surface area (Å²) in [6.45, 7) is 5.73. The lowest BCUT2D eigenvalue weighted by atomic mass is 10.1. The highest BCUT2D eigenvalue weighted by Gasteiger charge is 2.21. The fourth-order valence-electron chi connectivity index (χ4n) is 2.22. The number of aromatic carboxylic acids is 1. The Morgan fingerprint density at radius 3 is 2.62 bits per heavy atom. The van der Waals surface area contributed by atoms with Crippen LogP contribution in [0, 0.1) is 20.8 Å². The van der Waals surface area contributed by atoms with Crippen molar-refractivity contribution >= 4 is 23.2 Å². The van der Waals surface area contributed by atoms with Crippen molar-refractivity contribution in [3.8, 4) is 0 Å². The minimum absolute atomic E-state index is 0.0628. The van der Waals surface area contributed by atoms with Gasteiger partial charge in [-0.3, -0.25) is 4.79 Å². The van der Waals surface area contributed by atoms with Gasteiger partial charge in [0.05, 0.1) is 16.3 Å². The first kappa shape index (κ1) is 15.2. The van der Waals surface area contributed by atoms with E-state index in [4.69, 9.17) is 5.11 Å². The molecule has 21 heavy (non-hydrogen) atoms. The molecule has 0 aliphatic rings. The van der Waals surface area contributed by atoms with E-state index in [9.17, 15) is 9.59 Å². The molecule has 2 aromatic rings. The van der Waals surface area contributed by atoms with E-state index in [-0.39, 0.29) is 11.6 Å². The highest BCUT2D eigenvalue weighted by atomic mass is 32.1. The molecule has 0 fully saturated rings. The van der Waals surface area contributed by atoms with Crippen molar-refractivity contribution in [2.75, 3.05) is 6.54 Å². The highest BCUT2D eigenvalue weighted by Crippen LogP contribution is 2.17. The number of aromatic amines is 1. The van der Waals surface area contributed by atoms with Crippen molar-refractivity contribution in [3.05, 3.63) is 38.6 Å². The van der Waals surface area contributed by atoms with Gasteiger partial charge in [0.15, 0.2) is 0 Å². The van der Waals surface area contributed by atoms with E-state index in [0.29, 0.717) is 29.8 Å². The zero-order valence-electron chi connectivity index (χ0n) is 12.1. The van der Waals surface area contributed by atoms with E-state index in [1.807, 2.05) is 12.3 Å². The van der Waals surface area contributed by atoms with Crippen LogP contribution in [0.25, 0.3) is 0 Å². The van der Waals surface area contributed by atoms with Gasteiger partial charge in [-0.1, -0.05) is 0 Å². The van der Waals surface area contributed by atoms with Crippen molar-refractivity contribution in [2.45, 2.75) is 27.2 Å². The van der Waals surface area contributed by atoms with Crippen molar-refractivity contribution in [2.24, 2.45) is 0 Å². The van der Waals surface area contributed by atoms with Gasteiger partial charge in [0, 0.05) is 24.0 Å². The van der Waals surface area contributed by atoms with Crippen molar-refractivity contribution < 1.29 is 14.7 Å². The monoisotopic (exact) mass is 307 g/mol. The van der Waals surface area contributed by atoms with Crippen LogP contribution >= 0.6 is 11.3 Å². The Hall–Kier alpha value is -2.15. The van der Waals surface area contributed by atoms with E-state index in [1.54, 1.807) is 25.2 Å². The highest BCUT2D eigenvalue weighted by molar-refractivity contribution is 7.09. The molecule has 0 radical (unpaired) electrons.